The number of carbonyl (C=O) groups excluding carboxylic acids is 1. The van der Waals surface area contributed by atoms with Gasteiger partial charge in [0.1, 0.15) is 0 Å². The van der Waals surface area contributed by atoms with Gasteiger partial charge in [0.2, 0.25) is 0 Å². The van der Waals surface area contributed by atoms with Crippen LogP contribution in [0.15, 0.2) is 53.4 Å². The van der Waals surface area contributed by atoms with E-state index in [-0.39, 0.29) is 40.4 Å². The third-order valence-corrected chi connectivity index (χ3v) is 3.94. The summed E-state index contributed by atoms with van der Waals surface area (Å²) in [4.78, 5) is 11.4. The number of esters is 1. The number of rotatable bonds is 5. The molecule has 0 radical (unpaired) electrons. The van der Waals surface area contributed by atoms with Gasteiger partial charge in [-0.15, -0.1) is 0 Å². The molecule has 2 rings (SSSR count). The minimum atomic E-state index is -4.17. The van der Waals surface area contributed by atoms with Gasteiger partial charge in [-0.1, -0.05) is 36.4 Å². The Morgan fingerprint density at radius 1 is 1.00 bits per heavy atom. The molecule has 0 fully saturated rings. The Morgan fingerprint density at radius 2 is 1.46 bits per heavy atom. The summed E-state index contributed by atoms with van der Waals surface area (Å²) < 4.78 is 35.7. The summed E-state index contributed by atoms with van der Waals surface area (Å²) in [5.74, 6) is -0.358. The molecule has 0 unspecified atom stereocenters. The molecule has 120 valence electrons. The molecule has 0 aliphatic carbocycles. The van der Waals surface area contributed by atoms with Crippen LogP contribution in [0.4, 0.5) is 0 Å². The van der Waals surface area contributed by atoms with Crippen molar-refractivity contribution in [2.75, 3.05) is 6.61 Å². The first-order valence-electron chi connectivity index (χ1n) is 6.93. The maximum Gasteiger partial charge on any atom is 1.00 e. The number of carbonyl (C=O) groups is 1. The van der Waals surface area contributed by atoms with Crippen molar-refractivity contribution in [2.45, 2.75) is 11.8 Å². The van der Waals surface area contributed by atoms with Crippen LogP contribution < -0.4 is 29.6 Å². The van der Waals surface area contributed by atoms with Gasteiger partial charge in [-0.05, 0) is 42.3 Å². The van der Waals surface area contributed by atoms with E-state index in [9.17, 15) is 13.2 Å². The van der Waals surface area contributed by atoms with Crippen molar-refractivity contribution in [3.8, 4) is 0 Å². The Labute approximate surface area is 163 Å². The monoisotopic (exact) mass is 355 g/mol. The quantitative estimate of drug-likeness (QED) is 0.361. The largest absolute Gasteiger partial charge is 1.00 e. The number of benzene rings is 2. The third-order valence-electron chi connectivity index (χ3n) is 3.07. The van der Waals surface area contributed by atoms with Crippen molar-refractivity contribution in [1.82, 2.24) is 0 Å². The molecule has 0 saturated heterocycles. The minimum Gasteiger partial charge on any atom is -0.462 e. The smallest absolute Gasteiger partial charge is 0.462 e. The van der Waals surface area contributed by atoms with Gasteiger partial charge in [0, 0.05) is 0 Å². The standard InChI is InChI=1S/C17H16O5S.Na/c1-2-22-17(18)15-9-5-13(6-10-15)3-4-14-7-11-16(12-8-14)23(19,20)21;/h3-12H,2H2,1H3,(H,19,20,21);/q;+1/b4-3+;. The van der Waals surface area contributed by atoms with Crippen LogP contribution in [0.2, 0.25) is 0 Å². The van der Waals surface area contributed by atoms with Crippen molar-refractivity contribution in [3.63, 3.8) is 0 Å². The molecule has 24 heavy (non-hydrogen) atoms. The molecule has 0 atom stereocenters. The van der Waals surface area contributed by atoms with Gasteiger partial charge in [-0.2, -0.15) is 8.42 Å². The summed E-state index contributed by atoms with van der Waals surface area (Å²) in [5.41, 5.74) is 2.16. The molecule has 0 spiro atoms. The second-order valence-electron chi connectivity index (χ2n) is 4.72. The molecule has 0 bridgehead atoms. The fraction of sp³-hybridized carbons (Fsp3) is 0.118. The molecule has 0 heterocycles. The third kappa shape index (κ3) is 5.89. The summed E-state index contributed by atoms with van der Waals surface area (Å²) in [5, 5.41) is 0. The van der Waals surface area contributed by atoms with Crippen LogP contribution in [0.3, 0.4) is 0 Å². The van der Waals surface area contributed by atoms with Crippen LogP contribution in [-0.2, 0) is 14.9 Å². The number of hydrogen-bond donors (Lipinski definition) is 1. The average Bonchev–Trinajstić information content (AvgIpc) is 2.53. The Kier molecular flexibility index (Phi) is 7.86. The molecule has 0 amide bonds. The molecule has 0 saturated carbocycles. The predicted octanol–water partition coefficient (Wildman–Crippen LogP) is 0.284. The van der Waals surface area contributed by atoms with Gasteiger partial charge >= 0.3 is 35.5 Å². The molecule has 0 aliphatic heterocycles. The maximum absolute atomic E-state index is 11.5. The van der Waals surface area contributed by atoms with Crippen LogP contribution in [-0.4, -0.2) is 25.5 Å². The molecule has 7 heteroatoms. The molecular formula is C17H16NaO5S+. The van der Waals surface area contributed by atoms with Crippen LogP contribution in [0, 0.1) is 0 Å². The van der Waals surface area contributed by atoms with Crippen molar-refractivity contribution >= 4 is 28.2 Å². The summed E-state index contributed by atoms with van der Waals surface area (Å²) in [6.45, 7) is 2.09. The summed E-state index contributed by atoms with van der Waals surface area (Å²) in [7, 11) is -4.17. The van der Waals surface area contributed by atoms with E-state index in [1.165, 1.54) is 12.1 Å². The molecule has 1 N–H and O–H groups in total. The van der Waals surface area contributed by atoms with Gasteiger partial charge in [0.05, 0.1) is 17.1 Å². The van der Waals surface area contributed by atoms with E-state index in [2.05, 4.69) is 0 Å². The van der Waals surface area contributed by atoms with Crippen LogP contribution >= 0.6 is 0 Å². The van der Waals surface area contributed by atoms with E-state index < -0.39 is 10.1 Å². The zero-order valence-corrected chi connectivity index (χ0v) is 16.3. The topological polar surface area (TPSA) is 80.7 Å². The van der Waals surface area contributed by atoms with E-state index >= 15 is 0 Å². The van der Waals surface area contributed by atoms with Crippen molar-refractivity contribution < 1.29 is 52.1 Å². The number of hydrogen-bond acceptors (Lipinski definition) is 4. The summed E-state index contributed by atoms with van der Waals surface area (Å²) in [6, 6.07) is 12.8. The molecule has 0 aromatic heterocycles. The van der Waals surface area contributed by atoms with Gasteiger partial charge in [-0.3, -0.25) is 4.55 Å². The predicted molar refractivity (Wildman–Crippen MR) is 87.6 cm³/mol. The van der Waals surface area contributed by atoms with E-state index in [0.717, 1.165) is 11.1 Å². The Hall–Kier alpha value is -1.44. The van der Waals surface area contributed by atoms with E-state index in [0.29, 0.717) is 12.2 Å². The Bertz CT molecular complexity index is 809. The Balaban J connectivity index is 0.00000288. The van der Waals surface area contributed by atoms with Crippen molar-refractivity contribution in [3.05, 3.63) is 65.2 Å². The SMILES string of the molecule is CCOC(=O)c1ccc(/C=C/c2ccc(S(=O)(=O)O)cc2)cc1.[Na+]. The molecule has 5 nitrogen and oxygen atoms in total. The summed E-state index contributed by atoms with van der Waals surface area (Å²) >= 11 is 0. The van der Waals surface area contributed by atoms with Crippen molar-refractivity contribution in [1.29, 1.82) is 0 Å². The first-order chi connectivity index (χ1) is 10.9. The molecule has 2 aromatic carbocycles. The average molecular weight is 355 g/mol. The van der Waals surface area contributed by atoms with Crippen LogP contribution in [0.1, 0.15) is 28.4 Å². The van der Waals surface area contributed by atoms with E-state index in [1.54, 1.807) is 49.4 Å². The van der Waals surface area contributed by atoms with Gasteiger partial charge in [0.25, 0.3) is 10.1 Å². The molecule has 2 aromatic rings. The van der Waals surface area contributed by atoms with Crippen LogP contribution in [0.5, 0.6) is 0 Å². The second-order valence-corrected chi connectivity index (χ2v) is 6.14. The van der Waals surface area contributed by atoms with Gasteiger partial charge in [-0.25, -0.2) is 4.79 Å². The fourth-order valence-corrected chi connectivity index (χ4v) is 2.37. The van der Waals surface area contributed by atoms with Crippen LogP contribution in [0.25, 0.3) is 12.2 Å². The summed E-state index contributed by atoms with van der Waals surface area (Å²) in [6.07, 6.45) is 3.63. The first-order valence-corrected chi connectivity index (χ1v) is 8.37. The van der Waals surface area contributed by atoms with Gasteiger partial charge < -0.3 is 4.74 Å². The molecule has 0 aliphatic rings. The zero-order valence-electron chi connectivity index (χ0n) is 13.5. The van der Waals surface area contributed by atoms with Crippen molar-refractivity contribution in [2.24, 2.45) is 0 Å². The van der Waals surface area contributed by atoms with E-state index in [1.807, 2.05) is 6.08 Å². The van der Waals surface area contributed by atoms with E-state index in [4.69, 9.17) is 9.29 Å². The molecular weight excluding hydrogens is 339 g/mol. The second kappa shape index (κ2) is 9.15. The minimum absolute atomic E-state index is 0. The fourth-order valence-electron chi connectivity index (χ4n) is 1.89. The maximum atomic E-state index is 11.5. The normalized spacial score (nSPS) is 11.1. The number of ether oxygens (including phenoxy) is 1. The van der Waals surface area contributed by atoms with Gasteiger partial charge in [0.15, 0.2) is 0 Å². The zero-order chi connectivity index (χ0) is 16.9. The Morgan fingerprint density at radius 3 is 1.88 bits per heavy atom. The first kappa shape index (κ1) is 20.6.